The predicted molar refractivity (Wildman–Crippen MR) is 65.4 cm³/mol. The second-order valence-corrected chi connectivity index (χ2v) is 3.76. The minimum absolute atomic E-state index is 0.175. The molecule has 0 saturated heterocycles. The summed E-state index contributed by atoms with van der Waals surface area (Å²) in [6.45, 7) is 1.96. The molecule has 94 valence electrons. The maximum atomic E-state index is 11.9. The average Bonchev–Trinajstić information content (AvgIpc) is 2.79. The van der Waals surface area contributed by atoms with Crippen LogP contribution in [0.15, 0.2) is 23.1 Å². The van der Waals surface area contributed by atoms with Gasteiger partial charge in [-0.3, -0.25) is 14.7 Å². The number of aromatic amines is 1. The molecule has 18 heavy (non-hydrogen) atoms. The molecule has 0 radical (unpaired) electrons. The summed E-state index contributed by atoms with van der Waals surface area (Å²) in [6.07, 6.45) is 2.41. The van der Waals surface area contributed by atoms with E-state index in [0.717, 1.165) is 16.7 Å². The van der Waals surface area contributed by atoms with Crippen LogP contribution in [0, 0.1) is 0 Å². The number of nitrogens with one attached hydrogen (secondary N) is 2. The van der Waals surface area contributed by atoms with Crippen LogP contribution in [-0.2, 0) is 13.5 Å². The Morgan fingerprint density at radius 1 is 1.50 bits per heavy atom. The lowest BCUT2D eigenvalue weighted by atomic mass is 10.2. The molecule has 2 aromatic rings. The smallest absolute Gasteiger partial charge is 0.277 e. The summed E-state index contributed by atoms with van der Waals surface area (Å²) in [5.41, 5.74) is 0.823. The number of rotatable bonds is 3. The molecule has 0 aliphatic rings. The lowest BCUT2D eigenvalue weighted by molar-refractivity contribution is 0.101. The maximum absolute atomic E-state index is 11.9. The van der Waals surface area contributed by atoms with Gasteiger partial charge in [-0.15, -0.1) is 0 Å². The van der Waals surface area contributed by atoms with Crippen molar-refractivity contribution in [3.05, 3.63) is 39.9 Å². The number of carbonyl (C=O) groups excluding carboxylic acids is 1. The van der Waals surface area contributed by atoms with Crippen molar-refractivity contribution in [1.82, 2.24) is 20.0 Å². The summed E-state index contributed by atoms with van der Waals surface area (Å²) < 4.78 is 1.11. The monoisotopic (exact) mass is 247 g/mol. The molecule has 0 spiro atoms. The molecular weight excluding hydrogens is 234 g/mol. The Morgan fingerprint density at radius 3 is 2.94 bits per heavy atom. The van der Waals surface area contributed by atoms with Crippen LogP contribution < -0.4 is 10.9 Å². The first-order chi connectivity index (χ1) is 8.61. The lowest BCUT2D eigenvalue weighted by Crippen LogP contribution is -2.23. The van der Waals surface area contributed by atoms with Gasteiger partial charge in [-0.1, -0.05) is 6.92 Å². The molecule has 0 aliphatic carbocycles. The fraction of sp³-hybridized carbons (Fsp3) is 0.273. The Hall–Kier alpha value is -2.44. The van der Waals surface area contributed by atoms with E-state index >= 15 is 0 Å². The number of amides is 1. The van der Waals surface area contributed by atoms with Crippen LogP contribution in [0.2, 0.25) is 0 Å². The second-order valence-electron chi connectivity index (χ2n) is 3.76. The topological polar surface area (TPSA) is 92.7 Å². The van der Waals surface area contributed by atoms with Crippen molar-refractivity contribution in [2.24, 2.45) is 7.05 Å². The summed E-state index contributed by atoms with van der Waals surface area (Å²) in [5, 5.41) is 13.1. The van der Waals surface area contributed by atoms with Gasteiger partial charge in [0, 0.05) is 18.7 Å². The molecule has 2 rings (SSSR count). The van der Waals surface area contributed by atoms with Crippen LogP contribution in [0.25, 0.3) is 0 Å². The molecule has 2 heterocycles. The predicted octanol–water partition coefficient (Wildman–Crippen LogP) is 0.318. The lowest BCUT2D eigenvalue weighted by Gasteiger charge is -2.04. The van der Waals surface area contributed by atoms with Crippen LogP contribution in [0.1, 0.15) is 23.0 Å². The van der Waals surface area contributed by atoms with E-state index in [0.29, 0.717) is 5.82 Å². The Labute approximate surface area is 103 Å². The van der Waals surface area contributed by atoms with Crippen molar-refractivity contribution in [2.45, 2.75) is 13.3 Å². The van der Waals surface area contributed by atoms with Gasteiger partial charge in [-0.05, 0) is 12.5 Å². The first-order valence-corrected chi connectivity index (χ1v) is 5.49. The van der Waals surface area contributed by atoms with E-state index in [4.69, 9.17) is 0 Å². The van der Waals surface area contributed by atoms with E-state index in [-0.39, 0.29) is 17.2 Å². The zero-order chi connectivity index (χ0) is 13.1. The zero-order valence-electron chi connectivity index (χ0n) is 10.1. The Kier molecular flexibility index (Phi) is 3.22. The number of aryl methyl sites for hydroxylation is 2. The van der Waals surface area contributed by atoms with Gasteiger partial charge in [-0.25, -0.2) is 4.68 Å². The van der Waals surface area contributed by atoms with Gasteiger partial charge < -0.3 is 5.32 Å². The van der Waals surface area contributed by atoms with Crippen molar-refractivity contribution in [3.63, 3.8) is 0 Å². The first-order valence-electron chi connectivity index (χ1n) is 5.49. The van der Waals surface area contributed by atoms with Gasteiger partial charge in [0.2, 0.25) is 0 Å². The van der Waals surface area contributed by atoms with Crippen LogP contribution in [0.5, 0.6) is 0 Å². The summed E-state index contributed by atoms with van der Waals surface area (Å²) in [7, 11) is 1.49. The molecule has 7 nitrogen and oxygen atoms in total. The largest absolute Gasteiger partial charge is 0.305 e. The highest BCUT2D eigenvalue weighted by molar-refractivity contribution is 6.02. The van der Waals surface area contributed by atoms with Crippen molar-refractivity contribution < 1.29 is 4.79 Å². The fourth-order valence-electron chi connectivity index (χ4n) is 1.49. The van der Waals surface area contributed by atoms with Gasteiger partial charge >= 0.3 is 0 Å². The fourth-order valence-corrected chi connectivity index (χ4v) is 1.49. The van der Waals surface area contributed by atoms with E-state index in [1.165, 1.54) is 19.2 Å². The molecule has 7 heteroatoms. The molecule has 0 aliphatic heterocycles. The number of anilines is 1. The van der Waals surface area contributed by atoms with Crippen LogP contribution in [0.4, 0.5) is 5.82 Å². The standard InChI is InChI=1S/C11H13N5O2/c1-3-7-6-12-14-10(7)13-11(18)8-4-5-9(17)16(2)15-8/h4-6H,3H2,1-2H3,(H2,12,13,14,18). The Bertz CT molecular complexity index is 628. The first kappa shape index (κ1) is 12.0. The minimum Gasteiger partial charge on any atom is -0.305 e. The SMILES string of the molecule is CCc1cn[nH]c1NC(=O)c1ccc(=O)n(C)n1. The molecule has 0 aromatic carbocycles. The van der Waals surface area contributed by atoms with Crippen molar-refractivity contribution in [2.75, 3.05) is 5.32 Å². The summed E-state index contributed by atoms with van der Waals surface area (Å²) in [6, 6.07) is 2.69. The Morgan fingerprint density at radius 2 is 2.28 bits per heavy atom. The molecule has 0 atom stereocenters. The van der Waals surface area contributed by atoms with Crippen LogP contribution in [-0.4, -0.2) is 25.9 Å². The van der Waals surface area contributed by atoms with Crippen molar-refractivity contribution in [3.8, 4) is 0 Å². The molecule has 0 saturated carbocycles. The molecule has 1 amide bonds. The third-order valence-corrected chi connectivity index (χ3v) is 2.53. The van der Waals surface area contributed by atoms with E-state index in [9.17, 15) is 9.59 Å². The molecule has 0 unspecified atom stereocenters. The van der Waals surface area contributed by atoms with Gasteiger partial charge in [-0.2, -0.15) is 10.2 Å². The van der Waals surface area contributed by atoms with Gasteiger partial charge in [0.15, 0.2) is 0 Å². The highest BCUT2D eigenvalue weighted by Crippen LogP contribution is 2.11. The normalized spacial score (nSPS) is 10.3. The third kappa shape index (κ3) is 2.29. The second kappa shape index (κ2) is 4.82. The zero-order valence-corrected chi connectivity index (χ0v) is 10.1. The highest BCUT2D eigenvalue weighted by Gasteiger charge is 2.11. The number of carbonyl (C=O) groups is 1. The summed E-state index contributed by atoms with van der Waals surface area (Å²) in [4.78, 5) is 23.1. The summed E-state index contributed by atoms with van der Waals surface area (Å²) >= 11 is 0. The number of hydrogen-bond acceptors (Lipinski definition) is 4. The molecule has 0 fully saturated rings. The van der Waals surface area contributed by atoms with E-state index < -0.39 is 0 Å². The molecule has 2 N–H and O–H groups in total. The Balaban J connectivity index is 2.22. The molecule has 0 bridgehead atoms. The minimum atomic E-state index is -0.385. The van der Waals surface area contributed by atoms with E-state index in [2.05, 4.69) is 20.6 Å². The quantitative estimate of drug-likeness (QED) is 0.816. The number of hydrogen-bond donors (Lipinski definition) is 2. The number of nitrogens with zero attached hydrogens (tertiary/aromatic N) is 3. The summed E-state index contributed by atoms with van der Waals surface area (Å²) in [5.74, 6) is 0.169. The third-order valence-electron chi connectivity index (χ3n) is 2.53. The molecule has 2 aromatic heterocycles. The van der Waals surface area contributed by atoms with Gasteiger partial charge in [0.05, 0.1) is 6.20 Å². The van der Waals surface area contributed by atoms with E-state index in [1.807, 2.05) is 6.92 Å². The highest BCUT2D eigenvalue weighted by atomic mass is 16.2. The van der Waals surface area contributed by atoms with Crippen LogP contribution in [0.3, 0.4) is 0 Å². The van der Waals surface area contributed by atoms with Crippen molar-refractivity contribution in [1.29, 1.82) is 0 Å². The molecular formula is C11H13N5O2. The van der Waals surface area contributed by atoms with E-state index in [1.54, 1.807) is 6.20 Å². The van der Waals surface area contributed by atoms with Crippen molar-refractivity contribution >= 4 is 11.7 Å². The number of H-pyrrole nitrogens is 1. The van der Waals surface area contributed by atoms with Gasteiger partial charge in [0.25, 0.3) is 11.5 Å². The number of aromatic nitrogens is 4. The van der Waals surface area contributed by atoms with Gasteiger partial charge in [0.1, 0.15) is 11.5 Å². The van der Waals surface area contributed by atoms with Crippen LogP contribution >= 0.6 is 0 Å². The maximum Gasteiger partial charge on any atom is 0.277 e. The average molecular weight is 247 g/mol.